The van der Waals surface area contributed by atoms with Crippen LogP contribution in [0, 0.1) is 11.3 Å². The number of hydrogen-bond acceptors (Lipinski definition) is 2. The van der Waals surface area contributed by atoms with E-state index in [1.54, 1.807) is 0 Å². The van der Waals surface area contributed by atoms with Gasteiger partial charge in [0.2, 0.25) is 0 Å². The lowest BCUT2D eigenvalue weighted by atomic mass is 9.76. The van der Waals surface area contributed by atoms with E-state index in [9.17, 15) is 9.59 Å². The second kappa shape index (κ2) is 8.82. The van der Waals surface area contributed by atoms with Gasteiger partial charge in [0.25, 0.3) is 0 Å². The molecule has 20 heavy (non-hydrogen) atoms. The van der Waals surface area contributed by atoms with Crippen molar-refractivity contribution in [2.75, 3.05) is 6.54 Å². The van der Waals surface area contributed by atoms with Crippen molar-refractivity contribution >= 4 is 12.0 Å². The van der Waals surface area contributed by atoms with E-state index in [-0.39, 0.29) is 29.8 Å². The van der Waals surface area contributed by atoms with E-state index >= 15 is 0 Å². The van der Waals surface area contributed by atoms with Crippen molar-refractivity contribution in [3.05, 3.63) is 0 Å². The van der Waals surface area contributed by atoms with Crippen molar-refractivity contribution < 1.29 is 14.7 Å². The van der Waals surface area contributed by atoms with Crippen LogP contribution >= 0.6 is 0 Å². The maximum absolute atomic E-state index is 11.6. The Balaban J connectivity index is 4.14. The van der Waals surface area contributed by atoms with Crippen molar-refractivity contribution in [2.45, 2.75) is 66.3 Å². The van der Waals surface area contributed by atoms with Crippen LogP contribution in [0.1, 0.15) is 60.3 Å². The van der Waals surface area contributed by atoms with Crippen LogP contribution in [0.25, 0.3) is 0 Å². The Hall–Kier alpha value is -1.26. The lowest BCUT2D eigenvalue weighted by Crippen LogP contribution is -2.41. The Morgan fingerprint density at radius 1 is 1.20 bits per heavy atom. The summed E-state index contributed by atoms with van der Waals surface area (Å²) in [5.41, 5.74) is 0.0459. The number of carbonyl (C=O) groups excluding carboxylic acids is 1. The number of carboxylic acid groups (broad SMARTS) is 1. The number of nitrogens with one attached hydrogen (secondary N) is 2. The van der Waals surface area contributed by atoms with Crippen LogP contribution in [0.15, 0.2) is 0 Å². The van der Waals surface area contributed by atoms with Gasteiger partial charge >= 0.3 is 12.0 Å². The summed E-state index contributed by atoms with van der Waals surface area (Å²) >= 11 is 0. The van der Waals surface area contributed by atoms with Gasteiger partial charge in [-0.3, -0.25) is 4.79 Å². The molecule has 0 rings (SSSR count). The largest absolute Gasteiger partial charge is 0.481 e. The predicted octanol–water partition coefficient (Wildman–Crippen LogP) is 3.00. The number of urea groups is 1. The highest BCUT2D eigenvalue weighted by Gasteiger charge is 2.24. The smallest absolute Gasteiger partial charge is 0.314 e. The van der Waals surface area contributed by atoms with Crippen LogP contribution in [-0.2, 0) is 4.79 Å². The minimum absolute atomic E-state index is 0.0459. The number of amides is 2. The SMILES string of the molecule is CCC(C)NC(=O)NCCC(CCC(=O)O)C(C)(C)C. The van der Waals surface area contributed by atoms with Crippen molar-refractivity contribution in [3.8, 4) is 0 Å². The first-order chi connectivity index (χ1) is 9.16. The molecule has 5 nitrogen and oxygen atoms in total. The predicted molar refractivity (Wildman–Crippen MR) is 80.7 cm³/mol. The maximum atomic E-state index is 11.6. The van der Waals surface area contributed by atoms with E-state index in [0.717, 1.165) is 12.8 Å². The molecule has 2 amide bonds. The van der Waals surface area contributed by atoms with Gasteiger partial charge in [-0.15, -0.1) is 0 Å². The van der Waals surface area contributed by atoms with Crippen molar-refractivity contribution in [2.24, 2.45) is 11.3 Å². The lowest BCUT2D eigenvalue weighted by molar-refractivity contribution is -0.137. The summed E-state index contributed by atoms with van der Waals surface area (Å²) in [6, 6.07) is 0.0191. The van der Waals surface area contributed by atoms with Gasteiger partial charge in [0.15, 0.2) is 0 Å². The molecule has 0 saturated carbocycles. The molecule has 0 fully saturated rings. The third-order valence-corrected chi connectivity index (χ3v) is 3.70. The summed E-state index contributed by atoms with van der Waals surface area (Å²) in [6.07, 6.45) is 2.52. The van der Waals surface area contributed by atoms with E-state index in [1.807, 2.05) is 13.8 Å². The van der Waals surface area contributed by atoms with Crippen molar-refractivity contribution in [1.29, 1.82) is 0 Å². The summed E-state index contributed by atoms with van der Waals surface area (Å²) < 4.78 is 0. The summed E-state index contributed by atoms with van der Waals surface area (Å²) in [4.78, 5) is 22.3. The van der Waals surface area contributed by atoms with Gasteiger partial charge < -0.3 is 15.7 Å². The van der Waals surface area contributed by atoms with Crippen LogP contribution in [0.2, 0.25) is 0 Å². The van der Waals surface area contributed by atoms with Crippen molar-refractivity contribution in [1.82, 2.24) is 10.6 Å². The Labute approximate surface area is 122 Å². The van der Waals surface area contributed by atoms with E-state index < -0.39 is 5.97 Å². The first-order valence-electron chi connectivity index (χ1n) is 7.43. The second-order valence-corrected chi connectivity index (χ2v) is 6.49. The molecule has 0 bridgehead atoms. The normalized spacial score (nSPS) is 14.4. The molecule has 0 heterocycles. The number of aliphatic carboxylic acids is 1. The monoisotopic (exact) mass is 286 g/mol. The Morgan fingerprint density at radius 3 is 2.25 bits per heavy atom. The average molecular weight is 286 g/mol. The molecule has 0 aliphatic rings. The van der Waals surface area contributed by atoms with Gasteiger partial charge in [-0.2, -0.15) is 0 Å². The first-order valence-corrected chi connectivity index (χ1v) is 7.43. The number of carbonyl (C=O) groups is 2. The molecule has 0 aliphatic heterocycles. The standard InChI is InChI=1S/C15H30N2O3/c1-6-11(2)17-14(20)16-10-9-12(15(3,4)5)7-8-13(18)19/h11-12H,6-10H2,1-5H3,(H,18,19)(H2,16,17,20). The van der Waals surface area contributed by atoms with Crippen LogP contribution in [0.3, 0.4) is 0 Å². The highest BCUT2D eigenvalue weighted by molar-refractivity contribution is 5.74. The Kier molecular flexibility index (Phi) is 8.26. The molecule has 118 valence electrons. The van der Waals surface area contributed by atoms with Gasteiger partial charge in [0, 0.05) is 19.0 Å². The molecule has 5 heteroatoms. The Morgan fingerprint density at radius 2 is 1.80 bits per heavy atom. The highest BCUT2D eigenvalue weighted by atomic mass is 16.4. The molecule has 0 aromatic heterocycles. The molecular weight excluding hydrogens is 256 g/mol. The third-order valence-electron chi connectivity index (χ3n) is 3.70. The van der Waals surface area contributed by atoms with E-state index in [2.05, 4.69) is 31.4 Å². The van der Waals surface area contributed by atoms with E-state index in [0.29, 0.717) is 13.0 Å². The fourth-order valence-corrected chi connectivity index (χ4v) is 2.04. The minimum atomic E-state index is -0.762. The zero-order valence-electron chi connectivity index (χ0n) is 13.5. The van der Waals surface area contributed by atoms with Crippen LogP contribution in [-0.4, -0.2) is 29.7 Å². The summed E-state index contributed by atoms with van der Waals surface area (Å²) in [6.45, 7) is 10.9. The van der Waals surface area contributed by atoms with Gasteiger partial charge in [-0.1, -0.05) is 27.7 Å². The van der Waals surface area contributed by atoms with Crippen LogP contribution < -0.4 is 10.6 Å². The van der Waals surface area contributed by atoms with Crippen LogP contribution in [0.4, 0.5) is 4.79 Å². The molecule has 2 unspecified atom stereocenters. The zero-order chi connectivity index (χ0) is 15.8. The highest BCUT2D eigenvalue weighted by Crippen LogP contribution is 2.32. The molecule has 3 N–H and O–H groups in total. The minimum Gasteiger partial charge on any atom is -0.481 e. The van der Waals surface area contributed by atoms with Gasteiger partial charge in [-0.25, -0.2) is 4.79 Å². The van der Waals surface area contributed by atoms with Crippen molar-refractivity contribution in [3.63, 3.8) is 0 Å². The molecule has 0 aromatic carbocycles. The van der Waals surface area contributed by atoms with Gasteiger partial charge in [0.1, 0.15) is 0 Å². The fourth-order valence-electron chi connectivity index (χ4n) is 2.04. The maximum Gasteiger partial charge on any atom is 0.314 e. The number of carboxylic acids is 1. The molecular formula is C15H30N2O3. The molecule has 0 saturated heterocycles. The summed E-state index contributed by atoms with van der Waals surface area (Å²) in [5, 5.41) is 14.5. The zero-order valence-corrected chi connectivity index (χ0v) is 13.5. The van der Waals surface area contributed by atoms with E-state index in [1.165, 1.54) is 0 Å². The molecule has 0 aromatic rings. The lowest BCUT2D eigenvalue weighted by Gasteiger charge is -2.30. The van der Waals surface area contributed by atoms with Gasteiger partial charge in [-0.05, 0) is 37.5 Å². The molecule has 0 radical (unpaired) electrons. The van der Waals surface area contributed by atoms with Crippen LogP contribution in [0.5, 0.6) is 0 Å². The summed E-state index contributed by atoms with van der Waals surface area (Å²) in [5.74, 6) is -0.482. The first kappa shape index (κ1) is 18.7. The molecule has 0 aliphatic carbocycles. The number of hydrogen-bond donors (Lipinski definition) is 3. The van der Waals surface area contributed by atoms with Gasteiger partial charge in [0.05, 0.1) is 0 Å². The second-order valence-electron chi connectivity index (χ2n) is 6.49. The average Bonchev–Trinajstić information content (AvgIpc) is 2.31. The molecule has 0 spiro atoms. The summed E-state index contributed by atoms with van der Waals surface area (Å²) in [7, 11) is 0. The fraction of sp³-hybridized carbons (Fsp3) is 0.867. The number of rotatable bonds is 8. The third kappa shape index (κ3) is 8.77. The van der Waals surface area contributed by atoms with E-state index in [4.69, 9.17) is 5.11 Å². The quantitative estimate of drug-likeness (QED) is 0.642. The molecule has 2 atom stereocenters. The Bertz CT molecular complexity index is 311. The topological polar surface area (TPSA) is 78.4 Å².